The maximum absolute atomic E-state index is 12.6. The summed E-state index contributed by atoms with van der Waals surface area (Å²) in [6.45, 7) is 4.86. The number of rotatable bonds is 4. The van der Waals surface area contributed by atoms with Gasteiger partial charge in [0.1, 0.15) is 11.4 Å². The second kappa shape index (κ2) is 5.51. The Balaban J connectivity index is 2.41. The molecule has 0 saturated carbocycles. The summed E-state index contributed by atoms with van der Waals surface area (Å²) in [4.78, 5) is 10.9. The number of carboxylic acids is 1. The minimum absolute atomic E-state index is 0.126. The van der Waals surface area contributed by atoms with Gasteiger partial charge < -0.3 is 10.4 Å². The van der Waals surface area contributed by atoms with Gasteiger partial charge in [0.15, 0.2) is 0 Å². The van der Waals surface area contributed by atoms with Crippen LogP contribution in [0.4, 0.5) is 0 Å². The topological polar surface area (TPSA) is 105 Å². The molecular formula is C11H18N4O4S. The molecule has 0 aliphatic carbocycles. The molecule has 0 radical (unpaired) electrons. The third-order valence-corrected chi connectivity index (χ3v) is 5.43. The lowest BCUT2D eigenvalue weighted by atomic mass is 10.4. The highest BCUT2D eigenvalue weighted by Gasteiger charge is 2.31. The van der Waals surface area contributed by atoms with E-state index < -0.39 is 16.0 Å². The summed E-state index contributed by atoms with van der Waals surface area (Å²) in [6.07, 6.45) is 0. The Kier molecular flexibility index (Phi) is 4.11. The van der Waals surface area contributed by atoms with E-state index in [0.717, 1.165) is 0 Å². The van der Waals surface area contributed by atoms with Crippen LogP contribution in [0.1, 0.15) is 11.4 Å². The highest BCUT2D eigenvalue weighted by atomic mass is 32.2. The van der Waals surface area contributed by atoms with Crippen LogP contribution in [0, 0.1) is 13.8 Å². The molecule has 1 aromatic heterocycles. The SMILES string of the molecule is Cc1nn(CC(=O)O)c(C)c1S(=O)(=O)N1CCNCC1. The molecular weight excluding hydrogens is 284 g/mol. The van der Waals surface area contributed by atoms with Crippen molar-refractivity contribution in [2.24, 2.45) is 0 Å². The van der Waals surface area contributed by atoms with E-state index >= 15 is 0 Å². The minimum Gasteiger partial charge on any atom is -0.480 e. The number of hydrogen-bond donors (Lipinski definition) is 2. The Morgan fingerprint density at radius 2 is 1.95 bits per heavy atom. The van der Waals surface area contributed by atoms with Gasteiger partial charge in [-0.1, -0.05) is 0 Å². The Bertz CT molecular complexity index is 617. The maximum atomic E-state index is 12.6. The van der Waals surface area contributed by atoms with Crippen molar-refractivity contribution in [3.8, 4) is 0 Å². The highest BCUT2D eigenvalue weighted by Crippen LogP contribution is 2.23. The van der Waals surface area contributed by atoms with Crippen molar-refractivity contribution < 1.29 is 18.3 Å². The predicted octanol–water partition coefficient (Wildman–Crippen LogP) is -0.822. The zero-order chi connectivity index (χ0) is 14.9. The van der Waals surface area contributed by atoms with Gasteiger partial charge in [-0.15, -0.1) is 0 Å². The number of nitrogens with one attached hydrogen (secondary N) is 1. The lowest BCUT2D eigenvalue weighted by Gasteiger charge is -2.26. The van der Waals surface area contributed by atoms with Gasteiger partial charge in [-0.05, 0) is 13.8 Å². The quantitative estimate of drug-likeness (QED) is 0.753. The lowest BCUT2D eigenvalue weighted by molar-refractivity contribution is -0.137. The van der Waals surface area contributed by atoms with Gasteiger partial charge in [-0.2, -0.15) is 9.40 Å². The van der Waals surface area contributed by atoms with E-state index in [4.69, 9.17) is 5.11 Å². The third-order valence-electron chi connectivity index (χ3n) is 3.27. The van der Waals surface area contributed by atoms with E-state index in [9.17, 15) is 13.2 Å². The van der Waals surface area contributed by atoms with Crippen molar-refractivity contribution in [3.63, 3.8) is 0 Å². The van der Waals surface area contributed by atoms with Crippen LogP contribution in [0.2, 0.25) is 0 Å². The highest BCUT2D eigenvalue weighted by molar-refractivity contribution is 7.89. The molecule has 0 unspecified atom stereocenters. The van der Waals surface area contributed by atoms with Crippen molar-refractivity contribution >= 4 is 16.0 Å². The molecule has 112 valence electrons. The minimum atomic E-state index is -3.62. The van der Waals surface area contributed by atoms with Crippen LogP contribution in [0.5, 0.6) is 0 Å². The van der Waals surface area contributed by atoms with Gasteiger partial charge in [0, 0.05) is 26.2 Å². The maximum Gasteiger partial charge on any atom is 0.325 e. The van der Waals surface area contributed by atoms with Crippen LogP contribution in [0.25, 0.3) is 0 Å². The normalized spacial score (nSPS) is 17.3. The molecule has 1 fully saturated rings. The fourth-order valence-electron chi connectivity index (χ4n) is 2.35. The zero-order valence-electron chi connectivity index (χ0n) is 11.5. The van der Waals surface area contributed by atoms with E-state index in [-0.39, 0.29) is 11.4 Å². The molecule has 0 aromatic carbocycles. The van der Waals surface area contributed by atoms with Gasteiger partial charge in [0.25, 0.3) is 0 Å². The van der Waals surface area contributed by atoms with Gasteiger partial charge in [0.2, 0.25) is 10.0 Å². The molecule has 2 heterocycles. The van der Waals surface area contributed by atoms with Gasteiger partial charge >= 0.3 is 5.97 Å². The molecule has 9 heteroatoms. The smallest absolute Gasteiger partial charge is 0.325 e. The number of aromatic nitrogens is 2. The summed E-state index contributed by atoms with van der Waals surface area (Å²) in [7, 11) is -3.62. The molecule has 1 aliphatic heterocycles. The molecule has 0 atom stereocenters. The van der Waals surface area contributed by atoms with Crippen LogP contribution in [-0.2, 0) is 21.4 Å². The number of sulfonamides is 1. The average molecular weight is 302 g/mol. The number of carbonyl (C=O) groups is 1. The zero-order valence-corrected chi connectivity index (χ0v) is 12.3. The van der Waals surface area contributed by atoms with Gasteiger partial charge in [-0.3, -0.25) is 9.48 Å². The number of hydrogen-bond acceptors (Lipinski definition) is 5. The molecule has 8 nitrogen and oxygen atoms in total. The van der Waals surface area contributed by atoms with E-state index in [1.54, 1.807) is 13.8 Å². The van der Waals surface area contributed by atoms with Crippen LogP contribution in [0.3, 0.4) is 0 Å². The Morgan fingerprint density at radius 3 is 2.50 bits per heavy atom. The van der Waals surface area contributed by atoms with E-state index in [1.807, 2.05) is 0 Å². The largest absolute Gasteiger partial charge is 0.480 e. The van der Waals surface area contributed by atoms with E-state index in [0.29, 0.717) is 37.6 Å². The molecule has 2 rings (SSSR count). The van der Waals surface area contributed by atoms with Crippen LogP contribution in [-0.4, -0.2) is 59.8 Å². The first-order valence-electron chi connectivity index (χ1n) is 6.30. The first kappa shape index (κ1) is 14.9. The molecule has 0 amide bonds. The summed E-state index contributed by atoms with van der Waals surface area (Å²) < 4.78 is 27.9. The second-order valence-electron chi connectivity index (χ2n) is 4.71. The van der Waals surface area contributed by atoms with Gasteiger partial charge in [-0.25, -0.2) is 8.42 Å². The Hall–Kier alpha value is -1.45. The summed E-state index contributed by atoms with van der Waals surface area (Å²) in [5.41, 5.74) is 0.700. The molecule has 0 bridgehead atoms. The number of nitrogens with zero attached hydrogens (tertiary/aromatic N) is 3. The molecule has 1 aromatic rings. The summed E-state index contributed by atoms with van der Waals surface area (Å²) >= 11 is 0. The van der Waals surface area contributed by atoms with Crippen LogP contribution in [0.15, 0.2) is 4.90 Å². The Morgan fingerprint density at radius 1 is 1.35 bits per heavy atom. The van der Waals surface area contributed by atoms with Crippen molar-refractivity contribution in [1.29, 1.82) is 0 Å². The van der Waals surface area contributed by atoms with Gasteiger partial charge in [0.05, 0.1) is 11.4 Å². The molecule has 0 spiro atoms. The summed E-state index contributed by atoms with van der Waals surface area (Å²) in [6, 6.07) is 0. The first-order valence-corrected chi connectivity index (χ1v) is 7.74. The second-order valence-corrected chi connectivity index (χ2v) is 6.58. The number of carboxylic acid groups (broad SMARTS) is 1. The number of aliphatic carboxylic acids is 1. The monoisotopic (exact) mass is 302 g/mol. The first-order chi connectivity index (χ1) is 9.34. The fourth-order valence-corrected chi connectivity index (χ4v) is 4.16. The van der Waals surface area contributed by atoms with E-state index in [2.05, 4.69) is 10.4 Å². The standard InChI is InChI=1S/C11H18N4O4S/c1-8-11(9(2)15(13-8)7-10(16)17)20(18,19)14-5-3-12-4-6-14/h12H,3-7H2,1-2H3,(H,16,17). The van der Waals surface area contributed by atoms with Crippen molar-refractivity contribution in [2.75, 3.05) is 26.2 Å². The Labute approximate surface area is 117 Å². The summed E-state index contributed by atoms with van der Waals surface area (Å²) in [5, 5.41) is 15.9. The molecule has 1 saturated heterocycles. The molecule has 2 N–H and O–H groups in total. The van der Waals surface area contributed by atoms with Crippen molar-refractivity contribution in [1.82, 2.24) is 19.4 Å². The molecule has 1 aliphatic rings. The summed E-state index contributed by atoms with van der Waals surface area (Å²) in [5.74, 6) is -1.05. The number of piperazine rings is 1. The van der Waals surface area contributed by atoms with Crippen LogP contribution < -0.4 is 5.32 Å². The third kappa shape index (κ3) is 2.69. The number of aryl methyl sites for hydroxylation is 1. The predicted molar refractivity (Wildman–Crippen MR) is 71.0 cm³/mol. The van der Waals surface area contributed by atoms with Crippen molar-refractivity contribution in [2.45, 2.75) is 25.3 Å². The lowest BCUT2D eigenvalue weighted by Crippen LogP contribution is -2.46. The van der Waals surface area contributed by atoms with Crippen molar-refractivity contribution in [3.05, 3.63) is 11.4 Å². The molecule has 20 heavy (non-hydrogen) atoms. The average Bonchev–Trinajstić information content (AvgIpc) is 2.65. The fraction of sp³-hybridized carbons (Fsp3) is 0.636. The van der Waals surface area contributed by atoms with E-state index in [1.165, 1.54) is 8.99 Å². The van der Waals surface area contributed by atoms with Crippen LogP contribution >= 0.6 is 0 Å².